The number of ether oxygens (including phenoxy) is 2. The summed E-state index contributed by atoms with van der Waals surface area (Å²) in [5, 5.41) is 5.74. The minimum absolute atomic E-state index is 0.132. The number of aryl methyl sites for hydroxylation is 2. The molecule has 6 heteroatoms. The summed E-state index contributed by atoms with van der Waals surface area (Å²) in [7, 11) is 3.17. The fourth-order valence-corrected chi connectivity index (χ4v) is 2.58. The van der Waals surface area contributed by atoms with Crippen LogP contribution in [0.3, 0.4) is 0 Å². The number of hydrogen-bond donors (Lipinski definition) is 2. The van der Waals surface area contributed by atoms with E-state index in [-0.39, 0.29) is 12.1 Å². The Bertz CT molecular complexity index is 709. The fourth-order valence-electron chi connectivity index (χ4n) is 2.58. The second-order valence-electron chi connectivity index (χ2n) is 5.61. The molecule has 0 fully saturated rings. The van der Waals surface area contributed by atoms with Crippen LogP contribution in [0, 0.1) is 13.8 Å². The molecule has 2 aromatic rings. The minimum atomic E-state index is -0.240. The van der Waals surface area contributed by atoms with Crippen molar-refractivity contribution in [3.05, 3.63) is 46.9 Å². The normalized spacial score (nSPS) is 11.7. The highest BCUT2D eigenvalue weighted by atomic mass is 16.5. The molecule has 0 radical (unpaired) electrons. The predicted molar refractivity (Wildman–Crippen MR) is 91.5 cm³/mol. The lowest BCUT2D eigenvalue weighted by atomic mass is 10.1. The molecule has 2 rings (SSSR count). The van der Waals surface area contributed by atoms with Crippen LogP contribution in [0.5, 0.6) is 11.5 Å². The van der Waals surface area contributed by atoms with Gasteiger partial charge in [-0.1, -0.05) is 6.07 Å². The standard InChI is InChI=1S/C18H24N2O4/c1-11-8-15(13(3)24-11)12(2)20-18(21)19-10-14-6-7-16(22-4)17(9-14)23-5/h6-9,12H,10H2,1-5H3,(H2,19,20,21). The Morgan fingerprint density at radius 3 is 2.46 bits per heavy atom. The lowest BCUT2D eigenvalue weighted by Gasteiger charge is -2.15. The van der Waals surface area contributed by atoms with E-state index in [1.807, 2.05) is 45.0 Å². The van der Waals surface area contributed by atoms with Crippen molar-refractivity contribution >= 4 is 6.03 Å². The zero-order chi connectivity index (χ0) is 17.7. The van der Waals surface area contributed by atoms with Gasteiger partial charge < -0.3 is 24.5 Å². The van der Waals surface area contributed by atoms with Crippen LogP contribution in [0.2, 0.25) is 0 Å². The summed E-state index contributed by atoms with van der Waals surface area (Å²) in [5.41, 5.74) is 1.90. The molecule has 24 heavy (non-hydrogen) atoms. The molecular weight excluding hydrogens is 308 g/mol. The molecular formula is C18H24N2O4. The molecule has 0 aliphatic carbocycles. The first-order valence-electron chi connectivity index (χ1n) is 7.76. The van der Waals surface area contributed by atoms with Crippen molar-refractivity contribution in [2.45, 2.75) is 33.4 Å². The molecule has 1 aromatic carbocycles. The Balaban J connectivity index is 1.92. The first-order valence-corrected chi connectivity index (χ1v) is 7.76. The zero-order valence-corrected chi connectivity index (χ0v) is 14.7. The third-order valence-corrected chi connectivity index (χ3v) is 3.79. The number of nitrogens with one attached hydrogen (secondary N) is 2. The number of carbonyl (C=O) groups excluding carboxylic acids is 1. The maximum Gasteiger partial charge on any atom is 0.315 e. The molecule has 1 unspecified atom stereocenters. The third kappa shape index (κ3) is 4.22. The zero-order valence-electron chi connectivity index (χ0n) is 14.7. The van der Waals surface area contributed by atoms with E-state index in [0.29, 0.717) is 18.0 Å². The summed E-state index contributed by atoms with van der Waals surface area (Å²) in [5.74, 6) is 2.95. The number of urea groups is 1. The average molecular weight is 332 g/mol. The Morgan fingerprint density at radius 1 is 1.17 bits per heavy atom. The molecule has 0 bridgehead atoms. The number of benzene rings is 1. The lowest BCUT2D eigenvalue weighted by Crippen LogP contribution is -2.36. The molecule has 0 spiro atoms. The minimum Gasteiger partial charge on any atom is -0.493 e. The van der Waals surface area contributed by atoms with Gasteiger partial charge in [-0.3, -0.25) is 0 Å². The van der Waals surface area contributed by atoms with Gasteiger partial charge in [0.15, 0.2) is 11.5 Å². The molecule has 130 valence electrons. The summed E-state index contributed by atoms with van der Waals surface area (Å²) in [4.78, 5) is 12.1. The van der Waals surface area contributed by atoms with Gasteiger partial charge in [0.25, 0.3) is 0 Å². The van der Waals surface area contributed by atoms with Crippen LogP contribution in [0.15, 0.2) is 28.7 Å². The maximum absolute atomic E-state index is 12.1. The van der Waals surface area contributed by atoms with Gasteiger partial charge in [0, 0.05) is 12.1 Å². The van der Waals surface area contributed by atoms with E-state index in [2.05, 4.69) is 10.6 Å². The summed E-state index contributed by atoms with van der Waals surface area (Å²) in [6.07, 6.45) is 0. The molecule has 0 aliphatic rings. The highest BCUT2D eigenvalue weighted by Crippen LogP contribution is 2.27. The molecule has 1 aromatic heterocycles. The second kappa shape index (κ2) is 7.77. The van der Waals surface area contributed by atoms with Crippen LogP contribution in [-0.2, 0) is 6.54 Å². The van der Waals surface area contributed by atoms with Crippen LogP contribution in [-0.4, -0.2) is 20.3 Å². The molecule has 6 nitrogen and oxygen atoms in total. The predicted octanol–water partition coefficient (Wildman–Crippen LogP) is 3.47. The fraction of sp³-hybridized carbons (Fsp3) is 0.389. The Kier molecular flexibility index (Phi) is 5.73. The number of hydrogen-bond acceptors (Lipinski definition) is 4. The monoisotopic (exact) mass is 332 g/mol. The summed E-state index contributed by atoms with van der Waals surface area (Å²) in [6.45, 7) is 6.10. The molecule has 2 amide bonds. The quantitative estimate of drug-likeness (QED) is 0.849. The van der Waals surface area contributed by atoms with Crippen molar-refractivity contribution < 1.29 is 18.7 Å². The number of methoxy groups -OCH3 is 2. The van der Waals surface area contributed by atoms with E-state index in [4.69, 9.17) is 13.9 Å². The molecule has 1 heterocycles. The van der Waals surface area contributed by atoms with E-state index < -0.39 is 0 Å². The number of amides is 2. The van der Waals surface area contributed by atoms with E-state index in [1.165, 1.54) is 0 Å². The van der Waals surface area contributed by atoms with Crippen molar-refractivity contribution in [2.75, 3.05) is 14.2 Å². The van der Waals surface area contributed by atoms with Crippen LogP contribution in [0.4, 0.5) is 4.79 Å². The Morgan fingerprint density at radius 2 is 1.88 bits per heavy atom. The van der Waals surface area contributed by atoms with E-state index in [1.54, 1.807) is 14.2 Å². The number of carbonyl (C=O) groups is 1. The molecule has 1 atom stereocenters. The van der Waals surface area contributed by atoms with Crippen LogP contribution >= 0.6 is 0 Å². The first-order chi connectivity index (χ1) is 11.4. The van der Waals surface area contributed by atoms with Gasteiger partial charge in [0.2, 0.25) is 0 Å². The van der Waals surface area contributed by atoms with Gasteiger partial charge in [-0.15, -0.1) is 0 Å². The van der Waals surface area contributed by atoms with E-state index >= 15 is 0 Å². The van der Waals surface area contributed by atoms with Gasteiger partial charge in [-0.05, 0) is 44.5 Å². The molecule has 0 aliphatic heterocycles. The van der Waals surface area contributed by atoms with Crippen LogP contribution in [0.1, 0.15) is 35.6 Å². The van der Waals surface area contributed by atoms with E-state index in [9.17, 15) is 4.79 Å². The summed E-state index contributed by atoms with van der Waals surface area (Å²) < 4.78 is 16.0. The summed E-state index contributed by atoms with van der Waals surface area (Å²) >= 11 is 0. The van der Waals surface area contributed by atoms with Gasteiger partial charge in [0.05, 0.1) is 20.3 Å². The average Bonchev–Trinajstić information content (AvgIpc) is 2.91. The van der Waals surface area contributed by atoms with Crippen molar-refractivity contribution in [1.82, 2.24) is 10.6 Å². The molecule has 2 N–H and O–H groups in total. The Hall–Kier alpha value is -2.63. The largest absolute Gasteiger partial charge is 0.493 e. The van der Waals surface area contributed by atoms with Gasteiger partial charge >= 0.3 is 6.03 Å². The van der Waals surface area contributed by atoms with Crippen molar-refractivity contribution in [3.8, 4) is 11.5 Å². The van der Waals surface area contributed by atoms with Crippen molar-refractivity contribution in [1.29, 1.82) is 0 Å². The smallest absolute Gasteiger partial charge is 0.315 e. The first kappa shape index (κ1) is 17.7. The molecule has 0 saturated heterocycles. The van der Waals surface area contributed by atoms with Gasteiger partial charge in [-0.2, -0.15) is 0 Å². The van der Waals surface area contributed by atoms with E-state index in [0.717, 1.165) is 22.6 Å². The van der Waals surface area contributed by atoms with Crippen molar-refractivity contribution in [3.63, 3.8) is 0 Å². The maximum atomic E-state index is 12.1. The van der Waals surface area contributed by atoms with Gasteiger partial charge in [0.1, 0.15) is 11.5 Å². The van der Waals surface area contributed by atoms with Crippen molar-refractivity contribution in [2.24, 2.45) is 0 Å². The second-order valence-corrected chi connectivity index (χ2v) is 5.61. The highest BCUT2D eigenvalue weighted by molar-refractivity contribution is 5.74. The topological polar surface area (TPSA) is 72.7 Å². The lowest BCUT2D eigenvalue weighted by molar-refractivity contribution is 0.237. The van der Waals surface area contributed by atoms with Gasteiger partial charge in [-0.25, -0.2) is 4.79 Å². The van der Waals surface area contributed by atoms with Crippen LogP contribution < -0.4 is 20.1 Å². The van der Waals surface area contributed by atoms with Crippen LogP contribution in [0.25, 0.3) is 0 Å². The SMILES string of the molecule is COc1ccc(CNC(=O)NC(C)c2cc(C)oc2C)cc1OC. The number of furan rings is 1. The third-order valence-electron chi connectivity index (χ3n) is 3.79. The highest BCUT2D eigenvalue weighted by Gasteiger charge is 2.15. The number of rotatable bonds is 6. The molecule has 0 saturated carbocycles. The Labute approximate surface area is 142 Å². The summed E-state index contributed by atoms with van der Waals surface area (Å²) in [6, 6.07) is 7.10.